The quantitative estimate of drug-likeness (QED) is 0.639. The van der Waals surface area contributed by atoms with E-state index in [2.05, 4.69) is 39.6 Å². The molecule has 1 atom stereocenters. The molecule has 3 aromatic heterocycles. The van der Waals surface area contributed by atoms with Crippen molar-refractivity contribution in [1.82, 2.24) is 30.4 Å². The molecule has 0 N–H and O–H groups in total. The summed E-state index contributed by atoms with van der Waals surface area (Å²) in [5, 5.41) is 22.8. The van der Waals surface area contributed by atoms with E-state index in [-0.39, 0.29) is 5.25 Å². The van der Waals surface area contributed by atoms with Gasteiger partial charge in [-0.1, -0.05) is 31.7 Å². The summed E-state index contributed by atoms with van der Waals surface area (Å²) in [5.41, 5.74) is 0. The second kappa shape index (κ2) is 6.57. The molecule has 0 amide bonds. The van der Waals surface area contributed by atoms with Gasteiger partial charge < -0.3 is 4.42 Å². The van der Waals surface area contributed by atoms with Crippen molar-refractivity contribution in [3.63, 3.8) is 0 Å². The van der Waals surface area contributed by atoms with Crippen LogP contribution >= 0.6 is 23.1 Å². The Kier molecular flexibility index (Phi) is 4.53. The van der Waals surface area contributed by atoms with E-state index in [4.69, 9.17) is 4.42 Å². The van der Waals surface area contributed by atoms with Gasteiger partial charge in [0, 0.05) is 6.54 Å². The fourth-order valence-electron chi connectivity index (χ4n) is 1.85. The standard InChI is InChI=1S/C13H16N6OS2/c1-8(2)7-19-13(16-17-18-19)22-9(3)11-14-15-12(20-11)10-5-4-6-21-10/h4-6,8-9H,7H2,1-3H3. The average molecular weight is 336 g/mol. The van der Waals surface area contributed by atoms with Gasteiger partial charge in [0.25, 0.3) is 5.89 Å². The summed E-state index contributed by atoms with van der Waals surface area (Å²) < 4.78 is 7.56. The molecule has 3 rings (SSSR count). The molecule has 0 aliphatic rings. The zero-order valence-electron chi connectivity index (χ0n) is 12.5. The van der Waals surface area contributed by atoms with Gasteiger partial charge >= 0.3 is 0 Å². The fraction of sp³-hybridized carbons (Fsp3) is 0.462. The molecule has 22 heavy (non-hydrogen) atoms. The lowest BCUT2D eigenvalue weighted by atomic mass is 10.2. The van der Waals surface area contributed by atoms with Crippen LogP contribution in [0.1, 0.15) is 31.9 Å². The summed E-state index contributed by atoms with van der Waals surface area (Å²) in [6, 6.07) is 3.92. The molecule has 0 radical (unpaired) electrons. The van der Waals surface area contributed by atoms with E-state index in [0.29, 0.717) is 17.7 Å². The number of tetrazole rings is 1. The smallest absolute Gasteiger partial charge is 0.257 e. The highest BCUT2D eigenvalue weighted by Crippen LogP contribution is 2.34. The van der Waals surface area contributed by atoms with E-state index < -0.39 is 0 Å². The van der Waals surface area contributed by atoms with Crippen LogP contribution in [0, 0.1) is 5.92 Å². The van der Waals surface area contributed by atoms with E-state index in [0.717, 1.165) is 16.6 Å². The van der Waals surface area contributed by atoms with Crippen LogP contribution in [0.25, 0.3) is 10.8 Å². The lowest BCUT2D eigenvalue weighted by Crippen LogP contribution is -2.08. The fourth-order valence-corrected chi connectivity index (χ4v) is 3.32. The zero-order valence-corrected chi connectivity index (χ0v) is 14.1. The molecule has 1 unspecified atom stereocenters. The van der Waals surface area contributed by atoms with E-state index in [1.807, 2.05) is 29.1 Å². The second-order valence-corrected chi connectivity index (χ2v) is 7.48. The summed E-state index contributed by atoms with van der Waals surface area (Å²) in [6.07, 6.45) is 0. The van der Waals surface area contributed by atoms with E-state index in [9.17, 15) is 0 Å². The minimum Gasteiger partial charge on any atom is -0.419 e. The Morgan fingerprint density at radius 3 is 2.86 bits per heavy atom. The molecule has 0 bridgehead atoms. The predicted molar refractivity (Wildman–Crippen MR) is 84.5 cm³/mol. The maximum atomic E-state index is 5.75. The Hall–Kier alpha value is -1.74. The Labute approximate surface area is 136 Å². The van der Waals surface area contributed by atoms with Crippen LogP contribution in [-0.2, 0) is 6.54 Å². The van der Waals surface area contributed by atoms with Gasteiger partial charge in [0.1, 0.15) is 0 Å². The van der Waals surface area contributed by atoms with Gasteiger partial charge in [0.15, 0.2) is 0 Å². The van der Waals surface area contributed by atoms with Gasteiger partial charge in [-0.3, -0.25) is 0 Å². The van der Waals surface area contributed by atoms with Gasteiger partial charge in [-0.2, -0.15) is 0 Å². The highest BCUT2D eigenvalue weighted by Gasteiger charge is 2.20. The Bertz CT molecular complexity index is 721. The molecule has 116 valence electrons. The van der Waals surface area contributed by atoms with Crippen LogP contribution in [0.15, 0.2) is 27.1 Å². The first kappa shape index (κ1) is 15.2. The van der Waals surface area contributed by atoms with Crippen LogP contribution < -0.4 is 0 Å². The van der Waals surface area contributed by atoms with Crippen molar-refractivity contribution >= 4 is 23.1 Å². The maximum Gasteiger partial charge on any atom is 0.257 e. The van der Waals surface area contributed by atoms with Crippen molar-refractivity contribution in [1.29, 1.82) is 0 Å². The number of rotatable bonds is 6. The summed E-state index contributed by atoms with van der Waals surface area (Å²) in [6.45, 7) is 7.05. The third-order valence-corrected chi connectivity index (χ3v) is 4.76. The average Bonchev–Trinajstić information content (AvgIpc) is 3.18. The van der Waals surface area contributed by atoms with Crippen molar-refractivity contribution < 1.29 is 4.42 Å². The van der Waals surface area contributed by atoms with Crippen LogP contribution in [-0.4, -0.2) is 30.4 Å². The molecule has 3 heterocycles. The molecule has 9 heteroatoms. The molecule has 0 aromatic carbocycles. The van der Waals surface area contributed by atoms with E-state index in [1.54, 1.807) is 11.3 Å². The van der Waals surface area contributed by atoms with E-state index >= 15 is 0 Å². The number of aromatic nitrogens is 6. The predicted octanol–water partition coefficient (Wildman–Crippen LogP) is 3.29. The largest absolute Gasteiger partial charge is 0.419 e. The monoisotopic (exact) mass is 336 g/mol. The van der Waals surface area contributed by atoms with Gasteiger partial charge in [0.05, 0.1) is 10.1 Å². The molecular weight excluding hydrogens is 320 g/mol. The Morgan fingerprint density at radius 2 is 2.14 bits per heavy atom. The Balaban J connectivity index is 1.72. The van der Waals surface area contributed by atoms with Crippen LogP contribution in [0.4, 0.5) is 0 Å². The summed E-state index contributed by atoms with van der Waals surface area (Å²) in [4.78, 5) is 0.973. The van der Waals surface area contributed by atoms with Crippen molar-refractivity contribution in [2.45, 2.75) is 37.7 Å². The molecule has 3 aromatic rings. The third-order valence-electron chi connectivity index (χ3n) is 2.84. The van der Waals surface area contributed by atoms with Crippen molar-refractivity contribution in [3.8, 4) is 10.8 Å². The maximum absolute atomic E-state index is 5.75. The first-order valence-electron chi connectivity index (χ1n) is 6.93. The van der Waals surface area contributed by atoms with E-state index in [1.165, 1.54) is 11.8 Å². The molecule has 0 aliphatic carbocycles. The van der Waals surface area contributed by atoms with Crippen LogP contribution in [0.5, 0.6) is 0 Å². The second-order valence-electron chi connectivity index (χ2n) is 5.22. The number of hydrogen-bond acceptors (Lipinski definition) is 8. The lowest BCUT2D eigenvalue weighted by molar-refractivity contribution is 0.445. The van der Waals surface area contributed by atoms with Gasteiger partial charge in [-0.05, 0) is 34.7 Å². The molecule has 0 saturated heterocycles. The molecule has 0 fully saturated rings. The highest BCUT2D eigenvalue weighted by atomic mass is 32.2. The molecule has 0 saturated carbocycles. The number of nitrogens with zero attached hydrogens (tertiary/aromatic N) is 6. The molecule has 0 aliphatic heterocycles. The van der Waals surface area contributed by atoms with Gasteiger partial charge in [-0.15, -0.1) is 26.6 Å². The third kappa shape index (κ3) is 3.36. The molecule has 7 nitrogen and oxygen atoms in total. The van der Waals surface area contributed by atoms with Crippen LogP contribution in [0.3, 0.4) is 0 Å². The minimum absolute atomic E-state index is 0.0156. The van der Waals surface area contributed by atoms with Crippen molar-refractivity contribution in [2.24, 2.45) is 5.92 Å². The Morgan fingerprint density at radius 1 is 1.27 bits per heavy atom. The summed E-state index contributed by atoms with van der Waals surface area (Å²) in [7, 11) is 0. The first-order chi connectivity index (χ1) is 10.6. The number of thioether (sulfide) groups is 1. The van der Waals surface area contributed by atoms with Crippen molar-refractivity contribution in [2.75, 3.05) is 0 Å². The number of thiophene rings is 1. The lowest BCUT2D eigenvalue weighted by Gasteiger charge is -2.08. The minimum atomic E-state index is -0.0156. The summed E-state index contributed by atoms with van der Waals surface area (Å²) in [5.74, 6) is 1.61. The number of hydrogen-bond donors (Lipinski definition) is 0. The SMILES string of the molecule is CC(C)Cn1nnnc1SC(C)c1nnc(-c2cccs2)o1. The first-order valence-corrected chi connectivity index (χ1v) is 8.69. The topological polar surface area (TPSA) is 82.5 Å². The zero-order chi connectivity index (χ0) is 15.5. The van der Waals surface area contributed by atoms with Gasteiger partial charge in [-0.25, -0.2) is 4.68 Å². The van der Waals surface area contributed by atoms with Crippen molar-refractivity contribution in [3.05, 3.63) is 23.4 Å². The molecular formula is C13H16N6OS2. The molecule has 0 spiro atoms. The normalized spacial score (nSPS) is 12.9. The van der Waals surface area contributed by atoms with Gasteiger partial charge in [0.2, 0.25) is 11.0 Å². The van der Waals surface area contributed by atoms with Crippen LogP contribution in [0.2, 0.25) is 0 Å². The highest BCUT2D eigenvalue weighted by molar-refractivity contribution is 7.99. The summed E-state index contributed by atoms with van der Waals surface area (Å²) >= 11 is 3.09.